The van der Waals surface area contributed by atoms with E-state index in [4.69, 9.17) is 11.5 Å². The van der Waals surface area contributed by atoms with E-state index < -0.39 is 0 Å². The number of nitrogens with two attached hydrogens (primary N) is 2. The van der Waals surface area contributed by atoms with Gasteiger partial charge in [-0.25, -0.2) is 4.79 Å². The van der Waals surface area contributed by atoms with Crippen LogP contribution in [0.5, 0.6) is 0 Å². The Bertz CT molecular complexity index is 133. The third-order valence-electron chi connectivity index (χ3n) is 1.54. The van der Waals surface area contributed by atoms with Gasteiger partial charge in [-0.3, -0.25) is 0 Å². The molecule has 68 valence electrons. The first-order valence-corrected chi connectivity index (χ1v) is 3.00. The molecule has 0 aromatic carbocycles. The van der Waals surface area contributed by atoms with Gasteiger partial charge in [-0.1, -0.05) is 0 Å². The second kappa shape index (κ2) is 5.46. The second-order valence-corrected chi connectivity index (χ2v) is 2.33. The van der Waals surface area contributed by atoms with Gasteiger partial charge in [0, 0.05) is 19.1 Å². The highest BCUT2D eigenvalue weighted by Gasteiger charge is 2.20. The van der Waals surface area contributed by atoms with Crippen LogP contribution in [0.3, 0.4) is 0 Å². The van der Waals surface area contributed by atoms with E-state index in [-0.39, 0.29) is 36.9 Å². The van der Waals surface area contributed by atoms with Crippen LogP contribution in [-0.4, -0.2) is 30.1 Å². The van der Waals surface area contributed by atoms with Crippen molar-refractivity contribution < 1.29 is 4.79 Å². The summed E-state index contributed by atoms with van der Waals surface area (Å²) in [4.78, 5) is 12.0. The van der Waals surface area contributed by atoms with E-state index in [1.165, 1.54) is 0 Å². The van der Waals surface area contributed by atoms with Gasteiger partial charge >= 0.3 is 6.03 Å². The van der Waals surface area contributed by atoms with Crippen molar-refractivity contribution in [1.29, 1.82) is 0 Å². The van der Waals surface area contributed by atoms with Gasteiger partial charge in [0.2, 0.25) is 0 Å². The average molecular weight is 202 g/mol. The van der Waals surface area contributed by atoms with Gasteiger partial charge in [-0.15, -0.1) is 24.8 Å². The van der Waals surface area contributed by atoms with Crippen LogP contribution in [0.25, 0.3) is 0 Å². The largest absolute Gasteiger partial charge is 0.351 e. The van der Waals surface area contributed by atoms with Crippen LogP contribution in [-0.2, 0) is 0 Å². The number of urea groups is 1. The quantitative estimate of drug-likeness (QED) is 0.577. The highest BCUT2D eigenvalue weighted by molar-refractivity contribution is 5.85. The molecule has 1 rings (SSSR count). The lowest BCUT2D eigenvalue weighted by atomic mass is 10.3. The maximum Gasteiger partial charge on any atom is 0.314 e. The van der Waals surface area contributed by atoms with Gasteiger partial charge in [0.25, 0.3) is 0 Å². The average Bonchev–Trinajstić information content (AvgIpc) is 2.14. The van der Waals surface area contributed by atoms with Crippen molar-refractivity contribution in [3.8, 4) is 0 Å². The lowest BCUT2D eigenvalue weighted by molar-refractivity contribution is 0.218. The Balaban J connectivity index is 0. The minimum atomic E-state index is -0.358. The fourth-order valence-electron chi connectivity index (χ4n) is 0.987. The van der Waals surface area contributed by atoms with Crippen molar-refractivity contribution in [3.63, 3.8) is 0 Å². The van der Waals surface area contributed by atoms with Gasteiger partial charge in [0.15, 0.2) is 0 Å². The number of likely N-dealkylation sites (tertiary alicyclic amines) is 1. The van der Waals surface area contributed by atoms with E-state index in [9.17, 15) is 4.79 Å². The van der Waals surface area contributed by atoms with E-state index in [0.29, 0.717) is 6.54 Å². The van der Waals surface area contributed by atoms with Crippen molar-refractivity contribution in [2.75, 3.05) is 13.1 Å². The molecule has 1 atom stereocenters. The maximum absolute atomic E-state index is 10.4. The molecule has 1 aliphatic rings. The number of halogens is 2. The monoisotopic (exact) mass is 201 g/mol. The summed E-state index contributed by atoms with van der Waals surface area (Å²) < 4.78 is 0. The molecule has 2 amide bonds. The molecule has 0 aromatic heterocycles. The fourth-order valence-corrected chi connectivity index (χ4v) is 0.987. The molecule has 1 saturated heterocycles. The van der Waals surface area contributed by atoms with Gasteiger partial charge in [-0.2, -0.15) is 0 Å². The van der Waals surface area contributed by atoms with Crippen LogP contribution in [0, 0.1) is 0 Å². The summed E-state index contributed by atoms with van der Waals surface area (Å²) in [7, 11) is 0. The zero-order valence-corrected chi connectivity index (χ0v) is 7.66. The molecular formula is C5H13Cl2N3O. The smallest absolute Gasteiger partial charge is 0.314 e. The number of hydrogen-bond donors (Lipinski definition) is 2. The predicted octanol–water partition coefficient (Wildman–Crippen LogP) is -0.0583. The Morgan fingerprint density at radius 2 is 2.00 bits per heavy atom. The number of amides is 2. The zero-order chi connectivity index (χ0) is 6.85. The van der Waals surface area contributed by atoms with E-state index >= 15 is 0 Å². The van der Waals surface area contributed by atoms with E-state index in [1.54, 1.807) is 4.90 Å². The van der Waals surface area contributed by atoms with Crippen molar-refractivity contribution in [2.24, 2.45) is 11.5 Å². The molecule has 6 heteroatoms. The highest BCUT2D eigenvalue weighted by Crippen LogP contribution is 2.04. The lowest BCUT2D eigenvalue weighted by Crippen LogP contribution is -2.35. The number of carbonyl (C=O) groups excluding carboxylic acids is 1. The van der Waals surface area contributed by atoms with Crippen LogP contribution in [0.15, 0.2) is 0 Å². The maximum atomic E-state index is 10.4. The molecule has 0 saturated carbocycles. The standard InChI is InChI=1S/C5H11N3O.2ClH/c6-4-1-2-8(3-4)5(7)9;;/h4H,1-3,6H2,(H2,7,9);2*1H/t4-;;/m0../s1. The van der Waals surface area contributed by atoms with Gasteiger partial charge in [-0.05, 0) is 6.42 Å². The molecule has 1 fully saturated rings. The molecule has 4 N–H and O–H groups in total. The molecule has 1 aliphatic heterocycles. The van der Waals surface area contributed by atoms with Crippen LogP contribution < -0.4 is 11.5 Å². The second-order valence-electron chi connectivity index (χ2n) is 2.33. The number of hydrogen-bond acceptors (Lipinski definition) is 2. The Hall–Kier alpha value is -0.190. The third-order valence-corrected chi connectivity index (χ3v) is 1.54. The highest BCUT2D eigenvalue weighted by atomic mass is 35.5. The summed E-state index contributed by atoms with van der Waals surface area (Å²) in [6.07, 6.45) is 0.878. The zero-order valence-electron chi connectivity index (χ0n) is 6.03. The SMILES string of the molecule is Cl.Cl.NC(=O)N1CC[C@H](N)C1. The van der Waals surface area contributed by atoms with Crippen molar-refractivity contribution >= 4 is 30.8 Å². The Labute approximate surface area is 78.1 Å². The van der Waals surface area contributed by atoms with E-state index in [2.05, 4.69) is 0 Å². The Morgan fingerprint density at radius 1 is 1.45 bits per heavy atom. The summed E-state index contributed by atoms with van der Waals surface area (Å²) >= 11 is 0. The van der Waals surface area contributed by atoms with E-state index in [0.717, 1.165) is 13.0 Å². The summed E-state index contributed by atoms with van der Waals surface area (Å²) in [6.45, 7) is 1.34. The summed E-state index contributed by atoms with van der Waals surface area (Å²) in [5.74, 6) is 0. The topological polar surface area (TPSA) is 72.4 Å². The third kappa shape index (κ3) is 3.65. The van der Waals surface area contributed by atoms with E-state index in [1.807, 2.05) is 0 Å². The first kappa shape index (κ1) is 13.4. The van der Waals surface area contributed by atoms with Gasteiger partial charge in [0.05, 0.1) is 0 Å². The number of primary amides is 1. The van der Waals surface area contributed by atoms with Crippen molar-refractivity contribution in [2.45, 2.75) is 12.5 Å². The molecule has 4 nitrogen and oxygen atoms in total. The molecule has 0 radical (unpaired) electrons. The van der Waals surface area contributed by atoms with Crippen LogP contribution >= 0.6 is 24.8 Å². The van der Waals surface area contributed by atoms with Gasteiger partial charge < -0.3 is 16.4 Å². The molecule has 0 bridgehead atoms. The molecule has 0 aliphatic carbocycles. The summed E-state index contributed by atoms with van der Waals surface area (Å²) in [6, 6.07) is -0.222. The first-order valence-electron chi connectivity index (χ1n) is 3.00. The number of nitrogens with zero attached hydrogens (tertiary/aromatic N) is 1. The van der Waals surface area contributed by atoms with Crippen LogP contribution in [0.4, 0.5) is 4.79 Å². The van der Waals surface area contributed by atoms with Gasteiger partial charge in [0.1, 0.15) is 0 Å². The predicted molar refractivity (Wildman–Crippen MR) is 48.2 cm³/mol. The van der Waals surface area contributed by atoms with Crippen LogP contribution in [0.2, 0.25) is 0 Å². The Morgan fingerprint density at radius 3 is 2.18 bits per heavy atom. The molecule has 0 unspecified atom stereocenters. The van der Waals surface area contributed by atoms with Crippen molar-refractivity contribution in [1.82, 2.24) is 4.90 Å². The molecule has 11 heavy (non-hydrogen) atoms. The fraction of sp³-hybridized carbons (Fsp3) is 0.800. The molecule has 0 spiro atoms. The lowest BCUT2D eigenvalue weighted by Gasteiger charge is -2.10. The summed E-state index contributed by atoms with van der Waals surface area (Å²) in [5.41, 5.74) is 10.5. The first-order chi connectivity index (χ1) is 4.20. The van der Waals surface area contributed by atoms with Crippen LogP contribution in [0.1, 0.15) is 6.42 Å². The van der Waals surface area contributed by atoms with Crippen molar-refractivity contribution in [3.05, 3.63) is 0 Å². The number of rotatable bonds is 0. The normalized spacial score (nSPS) is 21.9. The molecule has 0 aromatic rings. The minimum Gasteiger partial charge on any atom is -0.351 e. The summed E-state index contributed by atoms with van der Waals surface area (Å²) in [5, 5.41) is 0. The number of carbonyl (C=O) groups is 1. The Kier molecular flexibility index (Phi) is 6.65. The minimum absolute atomic E-state index is 0. The molecular weight excluding hydrogens is 189 g/mol. The molecule has 1 heterocycles.